The molecule has 4 aromatic rings. The van der Waals surface area contributed by atoms with Crippen molar-refractivity contribution in [1.82, 2.24) is 19.6 Å². The van der Waals surface area contributed by atoms with E-state index in [0.29, 0.717) is 5.15 Å². The molecule has 24 heavy (non-hydrogen) atoms. The minimum atomic E-state index is 0.461. The molecule has 3 aromatic heterocycles. The summed E-state index contributed by atoms with van der Waals surface area (Å²) in [5.41, 5.74) is 4.87. The van der Waals surface area contributed by atoms with Crippen LogP contribution in [0.25, 0.3) is 27.8 Å². The third-order valence-corrected chi connectivity index (χ3v) is 4.75. The normalized spacial score (nSPS) is 14.5. The summed E-state index contributed by atoms with van der Waals surface area (Å²) in [6.45, 7) is 0.966. The standard InChI is InChI=1S/C18H16ClN5/c19-17-8-15(21-9-11-1-2-11)18-22-10-16(24(18)23-17)13-3-4-14-12(7-13)5-6-20-14/h3-8,10-11,20-21H,1-2,9H2. The number of rotatable bonds is 4. The molecule has 5 rings (SSSR count). The molecule has 3 heterocycles. The molecule has 0 spiro atoms. The average Bonchev–Trinajstić information content (AvgIpc) is 3.13. The van der Waals surface area contributed by atoms with Gasteiger partial charge < -0.3 is 10.3 Å². The second-order valence-corrected chi connectivity index (χ2v) is 6.75. The van der Waals surface area contributed by atoms with Gasteiger partial charge in [0.2, 0.25) is 0 Å². The number of hydrogen-bond donors (Lipinski definition) is 2. The van der Waals surface area contributed by atoms with Crippen LogP contribution >= 0.6 is 11.6 Å². The predicted octanol–water partition coefficient (Wildman–Crippen LogP) is 4.35. The van der Waals surface area contributed by atoms with Gasteiger partial charge in [-0.25, -0.2) is 9.50 Å². The highest BCUT2D eigenvalue weighted by Crippen LogP contribution is 2.31. The van der Waals surface area contributed by atoms with Crippen LogP contribution in [0.2, 0.25) is 5.15 Å². The maximum Gasteiger partial charge on any atom is 0.177 e. The van der Waals surface area contributed by atoms with E-state index >= 15 is 0 Å². The Morgan fingerprint density at radius 3 is 3.04 bits per heavy atom. The summed E-state index contributed by atoms with van der Waals surface area (Å²) in [5, 5.41) is 9.55. The van der Waals surface area contributed by atoms with E-state index in [4.69, 9.17) is 11.6 Å². The van der Waals surface area contributed by atoms with E-state index in [9.17, 15) is 0 Å². The van der Waals surface area contributed by atoms with Gasteiger partial charge in [-0.1, -0.05) is 17.7 Å². The molecule has 1 aromatic carbocycles. The van der Waals surface area contributed by atoms with Crippen molar-refractivity contribution in [2.75, 3.05) is 11.9 Å². The minimum Gasteiger partial charge on any atom is -0.382 e. The monoisotopic (exact) mass is 337 g/mol. The number of fused-ring (bicyclic) bond motifs is 2. The molecule has 5 nitrogen and oxygen atoms in total. The van der Waals surface area contributed by atoms with Crippen molar-refractivity contribution in [3.63, 3.8) is 0 Å². The average molecular weight is 338 g/mol. The molecule has 1 saturated carbocycles. The fourth-order valence-corrected chi connectivity index (χ4v) is 3.24. The number of benzene rings is 1. The highest BCUT2D eigenvalue weighted by molar-refractivity contribution is 6.29. The zero-order chi connectivity index (χ0) is 16.1. The number of aromatic nitrogens is 4. The molecule has 0 amide bonds. The van der Waals surface area contributed by atoms with Gasteiger partial charge in [0.25, 0.3) is 0 Å². The highest BCUT2D eigenvalue weighted by atomic mass is 35.5. The zero-order valence-electron chi connectivity index (χ0n) is 13.0. The molecule has 120 valence electrons. The molecule has 0 radical (unpaired) electrons. The molecule has 1 aliphatic carbocycles. The van der Waals surface area contributed by atoms with Crippen LogP contribution in [0.1, 0.15) is 12.8 Å². The predicted molar refractivity (Wildman–Crippen MR) is 96.5 cm³/mol. The lowest BCUT2D eigenvalue weighted by Crippen LogP contribution is -2.06. The number of hydrogen-bond acceptors (Lipinski definition) is 3. The molecule has 1 aliphatic rings. The first kappa shape index (κ1) is 13.9. The van der Waals surface area contributed by atoms with E-state index < -0.39 is 0 Å². The first-order valence-electron chi connectivity index (χ1n) is 8.13. The number of halogens is 1. The molecule has 0 atom stereocenters. The summed E-state index contributed by atoms with van der Waals surface area (Å²) >= 11 is 6.24. The Bertz CT molecular complexity index is 1040. The van der Waals surface area contributed by atoms with Crippen molar-refractivity contribution in [2.24, 2.45) is 5.92 Å². The summed E-state index contributed by atoms with van der Waals surface area (Å²) < 4.78 is 1.82. The Kier molecular flexibility index (Phi) is 3.03. The topological polar surface area (TPSA) is 58.0 Å². The highest BCUT2D eigenvalue weighted by Gasteiger charge is 2.21. The zero-order valence-corrected chi connectivity index (χ0v) is 13.7. The van der Waals surface area contributed by atoms with Gasteiger partial charge >= 0.3 is 0 Å². The lowest BCUT2D eigenvalue weighted by Gasteiger charge is -2.08. The van der Waals surface area contributed by atoms with Gasteiger partial charge in [-0.2, -0.15) is 5.10 Å². The van der Waals surface area contributed by atoms with E-state index in [1.54, 1.807) is 0 Å². The fourth-order valence-electron chi connectivity index (χ4n) is 3.05. The Morgan fingerprint density at radius 2 is 2.17 bits per heavy atom. The first-order chi connectivity index (χ1) is 11.8. The molecule has 0 saturated heterocycles. The van der Waals surface area contributed by atoms with Crippen LogP contribution in [0, 0.1) is 5.92 Å². The molecule has 0 unspecified atom stereocenters. The van der Waals surface area contributed by atoms with Gasteiger partial charge in [0.1, 0.15) is 0 Å². The molecule has 2 N–H and O–H groups in total. The van der Waals surface area contributed by atoms with E-state index in [1.165, 1.54) is 12.8 Å². The van der Waals surface area contributed by atoms with E-state index in [2.05, 4.69) is 44.6 Å². The fraction of sp³-hybridized carbons (Fsp3) is 0.222. The summed E-state index contributed by atoms with van der Waals surface area (Å²) in [6.07, 6.45) is 6.41. The summed E-state index contributed by atoms with van der Waals surface area (Å²) in [6, 6.07) is 10.2. The van der Waals surface area contributed by atoms with Crippen molar-refractivity contribution >= 4 is 33.8 Å². The number of H-pyrrole nitrogens is 1. The number of anilines is 1. The van der Waals surface area contributed by atoms with E-state index in [-0.39, 0.29) is 0 Å². The minimum absolute atomic E-state index is 0.461. The van der Waals surface area contributed by atoms with E-state index in [0.717, 1.165) is 46.0 Å². The van der Waals surface area contributed by atoms with Gasteiger partial charge in [0.15, 0.2) is 10.8 Å². The molecule has 1 fully saturated rings. The van der Waals surface area contributed by atoms with Crippen molar-refractivity contribution in [1.29, 1.82) is 0 Å². The Hall–Kier alpha value is -2.53. The van der Waals surface area contributed by atoms with Crippen molar-refractivity contribution in [2.45, 2.75) is 12.8 Å². The van der Waals surface area contributed by atoms with Gasteiger partial charge in [0.05, 0.1) is 17.6 Å². The SMILES string of the molecule is Clc1cc(NCC2CC2)c2ncc(-c3ccc4[nH]ccc4c3)n2n1. The van der Waals surface area contributed by atoms with Gasteiger partial charge in [-0.3, -0.25) is 0 Å². The quantitative estimate of drug-likeness (QED) is 0.582. The smallest absolute Gasteiger partial charge is 0.177 e. The van der Waals surface area contributed by atoms with Crippen LogP contribution in [0.5, 0.6) is 0 Å². The lowest BCUT2D eigenvalue weighted by atomic mass is 10.1. The Balaban J connectivity index is 1.62. The molecular formula is C18H16ClN5. The molecular weight excluding hydrogens is 322 g/mol. The third-order valence-electron chi connectivity index (χ3n) is 4.56. The molecule has 6 heteroatoms. The summed E-state index contributed by atoms with van der Waals surface area (Å²) in [7, 11) is 0. The Morgan fingerprint density at radius 1 is 1.25 bits per heavy atom. The van der Waals surface area contributed by atoms with Crippen molar-refractivity contribution < 1.29 is 0 Å². The lowest BCUT2D eigenvalue weighted by molar-refractivity contribution is 0.882. The van der Waals surface area contributed by atoms with Crippen LogP contribution in [-0.4, -0.2) is 26.1 Å². The molecule has 0 aliphatic heterocycles. The van der Waals surface area contributed by atoms with Gasteiger partial charge in [-0.15, -0.1) is 0 Å². The second kappa shape index (κ2) is 5.24. The van der Waals surface area contributed by atoms with Gasteiger partial charge in [0, 0.05) is 35.3 Å². The summed E-state index contributed by atoms with van der Waals surface area (Å²) in [5.74, 6) is 0.780. The summed E-state index contributed by atoms with van der Waals surface area (Å²) in [4.78, 5) is 7.79. The van der Waals surface area contributed by atoms with Gasteiger partial charge in [-0.05, 0) is 37.0 Å². The maximum atomic E-state index is 6.24. The molecule has 0 bridgehead atoms. The third kappa shape index (κ3) is 2.32. The number of aromatic amines is 1. The van der Waals surface area contributed by atoms with Crippen LogP contribution in [0.4, 0.5) is 5.69 Å². The number of nitrogens with one attached hydrogen (secondary N) is 2. The van der Waals surface area contributed by atoms with Crippen LogP contribution in [-0.2, 0) is 0 Å². The van der Waals surface area contributed by atoms with E-state index in [1.807, 2.05) is 23.0 Å². The van der Waals surface area contributed by atoms with Crippen LogP contribution < -0.4 is 5.32 Å². The van der Waals surface area contributed by atoms with Crippen molar-refractivity contribution in [3.8, 4) is 11.3 Å². The maximum absolute atomic E-state index is 6.24. The number of nitrogens with zero attached hydrogens (tertiary/aromatic N) is 3. The van der Waals surface area contributed by atoms with Crippen LogP contribution in [0.3, 0.4) is 0 Å². The van der Waals surface area contributed by atoms with Crippen LogP contribution in [0.15, 0.2) is 42.7 Å². The number of imidazole rings is 1. The Labute approximate surface area is 143 Å². The largest absolute Gasteiger partial charge is 0.382 e. The first-order valence-corrected chi connectivity index (χ1v) is 8.51. The van der Waals surface area contributed by atoms with Crippen molar-refractivity contribution in [3.05, 3.63) is 47.9 Å². The second-order valence-electron chi connectivity index (χ2n) is 6.36.